The smallest absolute Gasteiger partial charge is 0.308 e. The van der Waals surface area contributed by atoms with Crippen LogP contribution in [0.4, 0.5) is 0 Å². The minimum atomic E-state index is -3.02. The van der Waals surface area contributed by atoms with E-state index in [9.17, 15) is 4.57 Å². The van der Waals surface area contributed by atoms with Gasteiger partial charge >= 0.3 is 7.60 Å². The van der Waals surface area contributed by atoms with Gasteiger partial charge in [0.25, 0.3) is 0 Å². The van der Waals surface area contributed by atoms with Gasteiger partial charge in [-0.1, -0.05) is 30.4 Å². The molecule has 3 nitrogen and oxygen atoms in total. The standard InChI is InChI=1S/C17H27O3P/c1-2-13-21(18,19-14-16-9-5-3-6-10-16)20-15-17-11-7-4-8-12-17/h2-5,7,16-17H,1,6,8-15H2. The van der Waals surface area contributed by atoms with Gasteiger partial charge in [-0.25, -0.2) is 0 Å². The van der Waals surface area contributed by atoms with E-state index in [1.54, 1.807) is 6.08 Å². The summed E-state index contributed by atoms with van der Waals surface area (Å²) in [5, 5.41) is 0. The Labute approximate surface area is 128 Å². The van der Waals surface area contributed by atoms with Crippen LogP contribution in [0.3, 0.4) is 0 Å². The molecule has 0 aromatic rings. The van der Waals surface area contributed by atoms with Gasteiger partial charge in [-0.05, 0) is 50.4 Å². The third kappa shape index (κ3) is 5.94. The number of allylic oxidation sites excluding steroid dienone is 5. The van der Waals surface area contributed by atoms with Gasteiger partial charge in [-0.3, -0.25) is 4.57 Å². The summed E-state index contributed by atoms with van der Waals surface area (Å²) < 4.78 is 24.2. The van der Waals surface area contributed by atoms with Crippen molar-refractivity contribution in [1.29, 1.82) is 0 Å². The van der Waals surface area contributed by atoms with E-state index in [1.165, 1.54) is 0 Å². The lowest BCUT2D eigenvalue weighted by molar-refractivity contribution is 0.155. The van der Waals surface area contributed by atoms with Crippen LogP contribution >= 0.6 is 7.60 Å². The molecule has 118 valence electrons. The second kappa shape index (κ2) is 8.73. The fourth-order valence-electron chi connectivity index (χ4n) is 2.75. The van der Waals surface area contributed by atoms with E-state index >= 15 is 0 Å². The highest BCUT2D eigenvalue weighted by Gasteiger charge is 2.26. The van der Waals surface area contributed by atoms with Crippen molar-refractivity contribution in [2.45, 2.75) is 38.5 Å². The molecule has 4 heteroatoms. The molecule has 0 heterocycles. The Morgan fingerprint density at radius 1 is 1.00 bits per heavy atom. The topological polar surface area (TPSA) is 35.5 Å². The van der Waals surface area contributed by atoms with Crippen LogP contribution in [0.2, 0.25) is 0 Å². The summed E-state index contributed by atoms with van der Waals surface area (Å²) in [5.41, 5.74) is 0. The Kier molecular flexibility index (Phi) is 6.95. The molecule has 0 fully saturated rings. The van der Waals surface area contributed by atoms with E-state index in [0.29, 0.717) is 31.2 Å². The molecule has 0 aromatic heterocycles. The zero-order valence-corrected chi connectivity index (χ0v) is 13.7. The van der Waals surface area contributed by atoms with Crippen LogP contribution in [0.15, 0.2) is 37.0 Å². The van der Waals surface area contributed by atoms with Crippen LogP contribution in [-0.4, -0.2) is 19.4 Å². The van der Waals surface area contributed by atoms with Crippen LogP contribution in [0.1, 0.15) is 38.5 Å². The zero-order valence-electron chi connectivity index (χ0n) is 12.8. The molecule has 2 atom stereocenters. The van der Waals surface area contributed by atoms with E-state index in [1.807, 2.05) is 0 Å². The predicted molar refractivity (Wildman–Crippen MR) is 87.5 cm³/mol. The van der Waals surface area contributed by atoms with Crippen LogP contribution in [-0.2, 0) is 13.6 Å². The molecule has 2 aliphatic rings. The lowest BCUT2D eigenvalue weighted by Crippen LogP contribution is -2.14. The van der Waals surface area contributed by atoms with E-state index < -0.39 is 7.60 Å². The first-order valence-corrected chi connectivity index (χ1v) is 9.73. The van der Waals surface area contributed by atoms with Gasteiger partial charge in [0.15, 0.2) is 0 Å². The largest absolute Gasteiger partial charge is 0.334 e. The monoisotopic (exact) mass is 310 g/mol. The highest BCUT2D eigenvalue weighted by Crippen LogP contribution is 2.49. The second-order valence-electron chi connectivity index (χ2n) is 5.97. The molecular formula is C17H27O3P. The van der Waals surface area contributed by atoms with Gasteiger partial charge in [0, 0.05) is 0 Å². The highest BCUT2D eigenvalue weighted by atomic mass is 31.2. The van der Waals surface area contributed by atoms with Gasteiger partial charge in [0.1, 0.15) is 0 Å². The van der Waals surface area contributed by atoms with Crippen LogP contribution < -0.4 is 0 Å². The summed E-state index contributed by atoms with van der Waals surface area (Å²) in [6.07, 6.45) is 17.2. The van der Waals surface area contributed by atoms with Gasteiger partial charge in [-0.15, -0.1) is 6.58 Å². The fourth-order valence-corrected chi connectivity index (χ4v) is 4.23. The molecule has 2 rings (SSSR count). The average molecular weight is 310 g/mol. The van der Waals surface area contributed by atoms with Crippen LogP contribution in [0, 0.1) is 11.8 Å². The molecule has 0 saturated heterocycles. The maximum Gasteiger partial charge on any atom is 0.334 e. The quantitative estimate of drug-likeness (QED) is 0.461. The van der Waals surface area contributed by atoms with E-state index in [-0.39, 0.29) is 0 Å². The van der Waals surface area contributed by atoms with E-state index in [4.69, 9.17) is 9.05 Å². The molecule has 0 radical (unpaired) electrons. The third-order valence-corrected chi connectivity index (χ3v) is 5.91. The minimum absolute atomic E-state index is 0.304. The summed E-state index contributed by atoms with van der Waals surface area (Å²) in [6.45, 7) is 4.74. The first kappa shape index (κ1) is 16.7. The maximum atomic E-state index is 12.7. The average Bonchev–Trinajstić information content (AvgIpc) is 2.54. The molecule has 0 saturated carbocycles. The lowest BCUT2D eigenvalue weighted by Gasteiger charge is -2.24. The van der Waals surface area contributed by atoms with Crippen molar-refractivity contribution in [2.24, 2.45) is 11.8 Å². The van der Waals surface area contributed by atoms with Gasteiger partial charge in [0.2, 0.25) is 0 Å². The SMILES string of the molecule is C=CCP(=O)(OCC1CC=CCC1)OCC1CC=CCC1. The van der Waals surface area contributed by atoms with Gasteiger partial charge < -0.3 is 9.05 Å². The van der Waals surface area contributed by atoms with Crippen molar-refractivity contribution in [3.05, 3.63) is 37.0 Å². The van der Waals surface area contributed by atoms with Gasteiger partial charge in [0.05, 0.1) is 19.4 Å². The highest BCUT2D eigenvalue weighted by molar-refractivity contribution is 7.54. The number of rotatable bonds is 8. The second-order valence-corrected chi connectivity index (χ2v) is 8.08. The van der Waals surface area contributed by atoms with E-state index in [2.05, 4.69) is 30.9 Å². The Bertz CT molecular complexity index is 396. The molecule has 0 amide bonds. The molecule has 2 unspecified atom stereocenters. The summed E-state index contributed by atoms with van der Waals surface area (Å²) in [6, 6.07) is 0. The van der Waals surface area contributed by atoms with Crippen molar-refractivity contribution >= 4 is 7.60 Å². The molecule has 0 aliphatic heterocycles. The Morgan fingerprint density at radius 3 is 1.90 bits per heavy atom. The summed E-state index contributed by atoms with van der Waals surface area (Å²) in [7, 11) is -3.02. The number of hydrogen-bond acceptors (Lipinski definition) is 3. The predicted octanol–water partition coefficient (Wildman–Crippen LogP) is 5.11. The number of hydrogen-bond donors (Lipinski definition) is 0. The van der Waals surface area contributed by atoms with Crippen molar-refractivity contribution in [3.8, 4) is 0 Å². The minimum Gasteiger partial charge on any atom is -0.308 e. The summed E-state index contributed by atoms with van der Waals surface area (Å²) in [5.74, 6) is 0.934. The van der Waals surface area contributed by atoms with Gasteiger partial charge in [-0.2, -0.15) is 0 Å². The molecule has 0 spiro atoms. The maximum absolute atomic E-state index is 12.7. The molecule has 2 aliphatic carbocycles. The molecule has 0 aromatic carbocycles. The van der Waals surface area contributed by atoms with Crippen molar-refractivity contribution in [2.75, 3.05) is 19.4 Å². The van der Waals surface area contributed by atoms with Crippen LogP contribution in [0.25, 0.3) is 0 Å². The van der Waals surface area contributed by atoms with Crippen molar-refractivity contribution in [3.63, 3.8) is 0 Å². The Morgan fingerprint density at radius 2 is 1.52 bits per heavy atom. The first-order valence-electron chi connectivity index (χ1n) is 8.01. The normalized spacial score (nSPS) is 28.2. The first-order chi connectivity index (χ1) is 10.2. The summed E-state index contributed by atoms with van der Waals surface area (Å²) in [4.78, 5) is 0. The molecule has 0 N–H and O–H groups in total. The zero-order chi connectivity index (χ0) is 15.0. The van der Waals surface area contributed by atoms with E-state index in [0.717, 1.165) is 38.5 Å². The van der Waals surface area contributed by atoms with Crippen LogP contribution in [0.5, 0.6) is 0 Å². The molecule has 0 bridgehead atoms. The van der Waals surface area contributed by atoms with Crippen molar-refractivity contribution in [1.82, 2.24) is 0 Å². The third-order valence-electron chi connectivity index (χ3n) is 4.12. The lowest BCUT2D eigenvalue weighted by atomic mass is 9.96. The Hall–Kier alpha value is -0.630. The molecule has 21 heavy (non-hydrogen) atoms. The summed E-state index contributed by atoms with van der Waals surface area (Å²) >= 11 is 0. The fraction of sp³-hybridized carbons (Fsp3) is 0.647. The Balaban J connectivity index is 1.79. The van der Waals surface area contributed by atoms with Crippen molar-refractivity contribution < 1.29 is 13.6 Å². The molecular weight excluding hydrogens is 283 g/mol.